The maximum atomic E-state index is 8.82. The third kappa shape index (κ3) is 1.15. The van der Waals surface area contributed by atoms with Crippen LogP contribution in [0.4, 0.5) is 5.69 Å². The molecule has 0 saturated heterocycles. The number of aliphatic hydroxyl groups is 1. The quantitative estimate of drug-likeness (QED) is 0.651. The number of hydrogen-bond acceptors (Lipinski definition) is 4. The van der Waals surface area contributed by atoms with Crippen LogP contribution in [0.25, 0.3) is 10.2 Å². The van der Waals surface area contributed by atoms with Crippen molar-refractivity contribution in [3.63, 3.8) is 0 Å². The Morgan fingerprint density at radius 3 is 3.08 bits per heavy atom. The lowest BCUT2D eigenvalue weighted by atomic mass is 10.3. The molecule has 0 radical (unpaired) electrons. The number of nitrogen functional groups attached to an aromatic ring is 1. The zero-order valence-electron chi connectivity index (χ0n) is 6.32. The molecule has 3 nitrogen and oxygen atoms in total. The molecule has 62 valence electrons. The fourth-order valence-corrected chi connectivity index (χ4v) is 1.87. The highest BCUT2D eigenvalue weighted by Gasteiger charge is 2.01. The Balaban J connectivity index is 2.67. The lowest BCUT2D eigenvalue weighted by Crippen LogP contribution is -1.82. The van der Waals surface area contributed by atoms with Crippen molar-refractivity contribution in [3.8, 4) is 0 Å². The molecule has 12 heavy (non-hydrogen) atoms. The number of benzene rings is 1. The van der Waals surface area contributed by atoms with Crippen LogP contribution >= 0.6 is 11.3 Å². The van der Waals surface area contributed by atoms with E-state index >= 15 is 0 Å². The molecule has 0 aliphatic carbocycles. The van der Waals surface area contributed by atoms with Crippen molar-refractivity contribution in [1.82, 2.24) is 4.98 Å². The molecule has 0 atom stereocenters. The van der Waals surface area contributed by atoms with E-state index in [1.807, 2.05) is 18.2 Å². The van der Waals surface area contributed by atoms with E-state index in [4.69, 9.17) is 10.8 Å². The maximum absolute atomic E-state index is 8.82. The van der Waals surface area contributed by atoms with Crippen LogP contribution in [0.1, 0.15) is 5.01 Å². The van der Waals surface area contributed by atoms with Crippen molar-refractivity contribution in [2.45, 2.75) is 6.61 Å². The highest BCUT2D eigenvalue weighted by Crippen LogP contribution is 2.23. The molecule has 0 unspecified atom stereocenters. The molecule has 2 aromatic rings. The van der Waals surface area contributed by atoms with Crippen LogP contribution in [-0.2, 0) is 6.61 Å². The SMILES string of the molecule is Nc1ccc2sc(CO)nc2c1. The Labute approximate surface area is 73.5 Å². The average Bonchev–Trinajstić information content (AvgIpc) is 2.46. The molecule has 0 amide bonds. The van der Waals surface area contributed by atoms with Gasteiger partial charge in [0.15, 0.2) is 0 Å². The first-order valence-electron chi connectivity index (χ1n) is 3.55. The van der Waals surface area contributed by atoms with Gasteiger partial charge in [-0.1, -0.05) is 0 Å². The van der Waals surface area contributed by atoms with Gasteiger partial charge in [0.05, 0.1) is 16.8 Å². The number of rotatable bonds is 1. The second-order valence-corrected chi connectivity index (χ2v) is 3.61. The van der Waals surface area contributed by atoms with Gasteiger partial charge in [-0.2, -0.15) is 0 Å². The summed E-state index contributed by atoms with van der Waals surface area (Å²) in [5.74, 6) is 0. The summed E-state index contributed by atoms with van der Waals surface area (Å²) in [7, 11) is 0. The van der Waals surface area contributed by atoms with Gasteiger partial charge in [0.25, 0.3) is 0 Å². The predicted molar refractivity (Wildman–Crippen MR) is 50.0 cm³/mol. The molecule has 0 aliphatic heterocycles. The zero-order chi connectivity index (χ0) is 8.55. The van der Waals surface area contributed by atoms with Crippen molar-refractivity contribution in [1.29, 1.82) is 0 Å². The molecule has 2 rings (SSSR count). The molecule has 4 heteroatoms. The number of nitrogens with two attached hydrogens (primary N) is 1. The molecule has 0 fully saturated rings. The number of fused-ring (bicyclic) bond motifs is 1. The summed E-state index contributed by atoms with van der Waals surface area (Å²) in [5.41, 5.74) is 7.15. The summed E-state index contributed by atoms with van der Waals surface area (Å²) >= 11 is 1.49. The molecule has 3 N–H and O–H groups in total. The lowest BCUT2D eigenvalue weighted by Gasteiger charge is -1.89. The van der Waals surface area contributed by atoms with E-state index in [1.165, 1.54) is 11.3 Å². The summed E-state index contributed by atoms with van der Waals surface area (Å²) in [6, 6.07) is 5.56. The molecule has 1 aromatic carbocycles. The van der Waals surface area contributed by atoms with E-state index in [0.717, 1.165) is 15.2 Å². The zero-order valence-corrected chi connectivity index (χ0v) is 7.14. The van der Waals surface area contributed by atoms with Crippen molar-refractivity contribution in [2.24, 2.45) is 0 Å². The highest BCUT2D eigenvalue weighted by atomic mass is 32.1. The number of nitrogens with zero attached hydrogens (tertiary/aromatic N) is 1. The second kappa shape index (κ2) is 2.73. The highest BCUT2D eigenvalue weighted by molar-refractivity contribution is 7.18. The van der Waals surface area contributed by atoms with E-state index in [-0.39, 0.29) is 6.61 Å². The molecule has 0 bridgehead atoms. The van der Waals surface area contributed by atoms with Gasteiger partial charge in [0, 0.05) is 5.69 Å². The number of anilines is 1. The summed E-state index contributed by atoms with van der Waals surface area (Å²) in [6.07, 6.45) is 0. The molecule has 1 aromatic heterocycles. The normalized spacial score (nSPS) is 10.8. The Morgan fingerprint density at radius 1 is 1.50 bits per heavy atom. The van der Waals surface area contributed by atoms with Crippen molar-refractivity contribution >= 4 is 27.2 Å². The summed E-state index contributed by atoms with van der Waals surface area (Å²) in [4.78, 5) is 4.18. The minimum Gasteiger partial charge on any atom is -0.399 e. The number of aromatic nitrogens is 1. The van der Waals surface area contributed by atoms with Crippen LogP contribution in [0.5, 0.6) is 0 Å². The van der Waals surface area contributed by atoms with Crippen LogP contribution in [0, 0.1) is 0 Å². The minimum absolute atomic E-state index is 0.000743. The van der Waals surface area contributed by atoms with Crippen LogP contribution in [0.15, 0.2) is 18.2 Å². The van der Waals surface area contributed by atoms with Crippen molar-refractivity contribution in [3.05, 3.63) is 23.2 Å². The monoisotopic (exact) mass is 180 g/mol. The first-order valence-corrected chi connectivity index (χ1v) is 4.37. The molecule has 0 aliphatic rings. The topological polar surface area (TPSA) is 59.1 Å². The third-order valence-corrected chi connectivity index (χ3v) is 2.61. The van der Waals surface area contributed by atoms with Crippen LogP contribution < -0.4 is 5.73 Å². The van der Waals surface area contributed by atoms with Crippen LogP contribution in [0.3, 0.4) is 0 Å². The number of aliphatic hydroxyl groups excluding tert-OH is 1. The van der Waals surface area contributed by atoms with E-state index < -0.39 is 0 Å². The number of thiazole rings is 1. The van der Waals surface area contributed by atoms with Crippen LogP contribution in [0.2, 0.25) is 0 Å². The molecule has 1 heterocycles. The Morgan fingerprint density at radius 2 is 2.33 bits per heavy atom. The summed E-state index contributed by atoms with van der Waals surface area (Å²) in [6.45, 7) is -0.000743. The summed E-state index contributed by atoms with van der Waals surface area (Å²) < 4.78 is 1.06. The van der Waals surface area contributed by atoms with Gasteiger partial charge in [0.2, 0.25) is 0 Å². The van der Waals surface area contributed by atoms with Gasteiger partial charge in [-0.25, -0.2) is 4.98 Å². The second-order valence-electron chi connectivity index (χ2n) is 2.49. The van der Waals surface area contributed by atoms with E-state index in [0.29, 0.717) is 5.69 Å². The van der Waals surface area contributed by atoms with Crippen LogP contribution in [-0.4, -0.2) is 10.1 Å². The lowest BCUT2D eigenvalue weighted by molar-refractivity contribution is 0.281. The Hall–Kier alpha value is -1.13. The van der Waals surface area contributed by atoms with Gasteiger partial charge in [0.1, 0.15) is 5.01 Å². The minimum atomic E-state index is -0.000743. The van der Waals surface area contributed by atoms with E-state index in [9.17, 15) is 0 Å². The third-order valence-electron chi connectivity index (χ3n) is 1.59. The molecule has 0 spiro atoms. The Kier molecular flexibility index (Phi) is 1.71. The first-order chi connectivity index (χ1) is 5.79. The van der Waals surface area contributed by atoms with Gasteiger partial charge >= 0.3 is 0 Å². The summed E-state index contributed by atoms with van der Waals surface area (Å²) in [5, 5.41) is 9.56. The predicted octanol–water partition coefficient (Wildman–Crippen LogP) is 1.37. The first kappa shape index (κ1) is 7.52. The van der Waals surface area contributed by atoms with Crippen molar-refractivity contribution < 1.29 is 5.11 Å². The van der Waals surface area contributed by atoms with Gasteiger partial charge in [-0.3, -0.25) is 0 Å². The number of hydrogen-bond donors (Lipinski definition) is 2. The largest absolute Gasteiger partial charge is 0.399 e. The van der Waals surface area contributed by atoms with E-state index in [1.54, 1.807) is 0 Å². The Bertz CT molecular complexity index is 410. The van der Waals surface area contributed by atoms with Gasteiger partial charge in [-0.15, -0.1) is 11.3 Å². The smallest absolute Gasteiger partial charge is 0.119 e. The fourth-order valence-electron chi connectivity index (χ4n) is 1.06. The maximum Gasteiger partial charge on any atom is 0.119 e. The fraction of sp³-hybridized carbons (Fsp3) is 0.125. The van der Waals surface area contributed by atoms with Gasteiger partial charge < -0.3 is 10.8 Å². The van der Waals surface area contributed by atoms with E-state index in [2.05, 4.69) is 4.98 Å². The molecule has 0 saturated carbocycles. The van der Waals surface area contributed by atoms with Crippen molar-refractivity contribution in [2.75, 3.05) is 5.73 Å². The molecular formula is C8H8N2OS. The van der Waals surface area contributed by atoms with Gasteiger partial charge in [-0.05, 0) is 18.2 Å². The molecular weight excluding hydrogens is 172 g/mol. The average molecular weight is 180 g/mol. The standard InChI is InChI=1S/C8H8N2OS/c9-5-1-2-7-6(3-5)10-8(4-11)12-7/h1-3,11H,4,9H2.